The molecule has 3 N–H and O–H groups in total. The van der Waals surface area contributed by atoms with E-state index >= 15 is 0 Å². The van der Waals surface area contributed by atoms with Gasteiger partial charge in [0.2, 0.25) is 0 Å². The van der Waals surface area contributed by atoms with Gasteiger partial charge < -0.3 is 10.4 Å². The van der Waals surface area contributed by atoms with Crippen LogP contribution in [0.4, 0.5) is 0 Å². The number of amides is 1. The third kappa shape index (κ3) is 2.66. The van der Waals surface area contributed by atoms with Crippen LogP contribution < -0.4 is 5.32 Å². The second-order valence-corrected chi connectivity index (χ2v) is 4.37. The van der Waals surface area contributed by atoms with Crippen LogP contribution >= 0.6 is 0 Å². The summed E-state index contributed by atoms with van der Waals surface area (Å²) < 4.78 is 0. The fourth-order valence-corrected chi connectivity index (χ4v) is 1.95. The summed E-state index contributed by atoms with van der Waals surface area (Å²) in [6.07, 6.45) is 1.34. The second-order valence-electron chi connectivity index (χ2n) is 4.37. The molecule has 0 aliphatic heterocycles. The van der Waals surface area contributed by atoms with Crippen molar-refractivity contribution in [1.29, 1.82) is 0 Å². The van der Waals surface area contributed by atoms with Crippen LogP contribution in [-0.4, -0.2) is 32.2 Å². The molecule has 104 valence electrons. The zero-order chi connectivity index (χ0) is 14.7. The number of nitrogens with one attached hydrogen (secondary N) is 2. The van der Waals surface area contributed by atoms with E-state index in [1.54, 1.807) is 26.0 Å². The van der Waals surface area contributed by atoms with Crippen molar-refractivity contribution in [2.75, 3.05) is 0 Å². The number of carbonyl (C=O) groups is 2. The summed E-state index contributed by atoms with van der Waals surface area (Å²) in [6.45, 7) is 3.52. The standard InChI is InChI=1S/C13H14N4O3/c1-7-3-4-8(2)11(13(19)20)10(7)12(18)14-5-9-15-6-16-17-9/h3-4,6H,5H2,1-2H3,(H,14,18)(H,19,20)(H,15,16,17). The van der Waals surface area contributed by atoms with Crippen molar-refractivity contribution in [3.8, 4) is 0 Å². The highest BCUT2D eigenvalue weighted by Gasteiger charge is 2.21. The number of carbonyl (C=O) groups excluding carboxylic acids is 1. The molecule has 1 aromatic heterocycles. The van der Waals surface area contributed by atoms with E-state index in [1.807, 2.05) is 0 Å². The van der Waals surface area contributed by atoms with Gasteiger partial charge in [-0.15, -0.1) is 0 Å². The molecule has 2 aromatic rings. The number of nitrogens with zero attached hydrogens (tertiary/aromatic N) is 2. The summed E-state index contributed by atoms with van der Waals surface area (Å²) in [5.41, 5.74) is 1.37. The lowest BCUT2D eigenvalue weighted by Gasteiger charge is -2.12. The van der Waals surface area contributed by atoms with Crippen molar-refractivity contribution < 1.29 is 14.7 Å². The molecule has 0 atom stereocenters. The molecule has 0 saturated carbocycles. The van der Waals surface area contributed by atoms with Gasteiger partial charge >= 0.3 is 5.97 Å². The van der Waals surface area contributed by atoms with Gasteiger partial charge in [0.05, 0.1) is 17.7 Å². The van der Waals surface area contributed by atoms with Crippen molar-refractivity contribution in [3.63, 3.8) is 0 Å². The van der Waals surface area contributed by atoms with Crippen LogP contribution in [0.1, 0.15) is 37.7 Å². The Bertz CT molecular complexity index is 650. The highest BCUT2D eigenvalue weighted by Crippen LogP contribution is 2.18. The van der Waals surface area contributed by atoms with Crippen LogP contribution in [0.2, 0.25) is 0 Å². The number of aryl methyl sites for hydroxylation is 2. The van der Waals surface area contributed by atoms with Crippen LogP contribution in [0.3, 0.4) is 0 Å². The average Bonchev–Trinajstić information content (AvgIpc) is 2.91. The second kappa shape index (κ2) is 5.52. The minimum atomic E-state index is -1.11. The fourth-order valence-electron chi connectivity index (χ4n) is 1.95. The summed E-state index contributed by atoms with van der Waals surface area (Å²) >= 11 is 0. The van der Waals surface area contributed by atoms with Gasteiger partial charge in [-0.05, 0) is 25.0 Å². The predicted molar refractivity (Wildman–Crippen MR) is 70.4 cm³/mol. The molecule has 0 unspecified atom stereocenters. The van der Waals surface area contributed by atoms with Crippen LogP contribution in [-0.2, 0) is 6.54 Å². The van der Waals surface area contributed by atoms with Crippen LogP contribution in [0.15, 0.2) is 18.5 Å². The van der Waals surface area contributed by atoms with Crippen LogP contribution in [0.25, 0.3) is 0 Å². The smallest absolute Gasteiger partial charge is 0.336 e. The number of rotatable bonds is 4. The largest absolute Gasteiger partial charge is 0.478 e. The highest BCUT2D eigenvalue weighted by molar-refractivity contribution is 6.06. The van der Waals surface area contributed by atoms with Gasteiger partial charge in [0.15, 0.2) is 0 Å². The molecule has 0 spiro atoms. The molecule has 1 heterocycles. The zero-order valence-corrected chi connectivity index (χ0v) is 11.1. The zero-order valence-electron chi connectivity index (χ0n) is 11.1. The Morgan fingerprint density at radius 2 is 1.90 bits per heavy atom. The van der Waals surface area contributed by atoms with E-state index in [0.29, 0.717) is 17.0 Å². The number of hydrogen-bond donors (Lipinski definition) is 3. The number of H-pyrrole nitrogens is 1. The molecule has 0 bridgehead atoms. The minimum Gasteiger partial charge on any atom is -0.478 e. The van der Waals surface area contributed by atoms with E-state index in [2.05, 4.69) is 20.5 Å². The van der Waals surface area contributed by atoms with Crippen molar-refractivity contribution in [3.05, 3.63) is 46.5 Å². The summed E-state index contributed by atoms with van der Waals surface area (Å²) in [7, 11) is 0. The van der Waals surface area contributed by atoms with Gasteiger partial charge in [0.1, 0.15) is 12.2 Å². The summed E-state index contributed by atoms with van der Waals surface area (Å²) in [4.78, 5) is 27.4. The summed E-state index contributed by atoms with van der Waals surface area (Å²) in [5, 5.41) is 18.2. The molecule has 0 fully saturated rings. The first kappa shape index (κ1) is 13.7. The Morgan fingerprint density at radius 3 is 2.45 bits per heavy atom. The maximum absolute atomic E-state index is 12.2. The van der Waals surface area contributed by atoms with Gasteiger partial charge in [-0.2, -0.15) is 5.10 Å². The number of benzene rings is 1. The molecule has 0 aliphatic carbocycles. The number of carboxylic acids is 1. The predicted octanol–water partition coefficient (Wildman–Crippen LogP) is 1.05. The van der Waals surface area contributed by atoms with Crippen LogP contribution in [0, 0.1) is 13.8 Å². The van der Waals surface area contributed by atoms with Gasteiger partial charge in [-0.3, -0.25) is 9.89 Å². The van der Waals surface area contributed by atoms with E-state index in [-0.39, 0.29) is 17.7 Å². The molecule has 1 amide bonds. The quantitative estimate of drug-likeness (QED) is 0.772. The molecular weight excluding hydrogens is 260 g/mol. The molecule has 7 heteroatoms. The van der Waals surface area contributed by atoms with Gasteiger partial charge in [0.25, 0.3) is 5.91 Å². The highest BCUT2D eigenvalue weighted by atomic mass is 16.4. The Hall–Kier alpha value is -2.70. The van der Waals surface area contributed by atoms with Crippen molar-refractivity contribution in [1.82, 2.24) is 20.5 Å². The Balaban J connectivity index is 2.29. The van der Waals surface area contributed by atoms with Gasteiger partial charge in [-0.1, -0.05) is 12.1 Å². The summed E-state index contributed by atoms with van der Waals surface area (Å²) in [6, 6.07) is 3.41. The lowest BCUT2D eigenvalue weighted by molar-refractivity contribution is 0.0690. The number of hydrogen-bond acceptors (Lipinski definition) is 4. The SMILES string of the molecule is Cc1ccc(C)c(C(=O)NCc2ncn[nH]2)c1C(=O)O. The molecule has 2 rings (SSSR count). The van der Waals surface area contributed by atoms with Crippen molar-refractivity contribution in [2.45, 2.75) is 20.4 Å². The van der Waals surface area contributed by atoms with E-state index in [4.69, 9.17) is 0 Å². The first-order valence-electron chi connectivity index (χ1n) is 5.96. The molecule has 7 nitrogen and oxygen atoms in total. The van der Waals surface area contributed by atoms with E-state index < -0.39 is 11.9 Å². The van der Waals surface area contributed by atoms with E-state index in [0.717, 1.165) is 0 Å². The molecular formula is C13H14N4O3. The van der Waals surface area contributed by atoms with Crippen molar-refractivity contribution in [2.24, 2.45) is 0 Å². The first-order chi connectivity index (χ1) is 9.50. The monoisotopic (exact) mass is 274 g/mol. The summed E-state index contributed by atoms with van der Waals surface area (Å²) in [5.74, 6) is -1.06. The van der Waals surface area contributed by atoms with Gasteiger partial charge in [-0.25, -0.2) is 9.78 Å². The third-order valence-corrected chi connectivity index (χ3v) is 2.94. The third-order valence-electron chi connectivity index (χ3n) is 2.94. The topological polar surface area (TPSA) is 108 Å². The van der Waals surface area contributed by atoms with Crippen LogP contribution in [0.5, 0.6) is 0 Å². The average molecular weight is 274 g/mol. The van der Waals surface area contributed by atoms with Crippen molar-refractivity contribution >= 4 is 11.9 Å². The lowest BCUT2D eigenvalue weighted by Crippen LogP contribution is -2.27. The fraction of sp³-hybridized carbons (Fsp3) is 0.231. The first-order valence-corrected chi connectivity index (χ1v) is 5.96. The number of aromatic nitrogens is 3. The molecule has 0 radical (unpaired) electrons. The maximum Gasteiger partial charge on any atom is 0.336 e. The Kier molecular flexibility index (Phi) is 3.79. The molecule has 20 heavy (non-hydrogen) atoms. The Morgan fingerprint density at radius 1 is 1.25 bits per heavy atom. The van der Waals surface area contributed by atoms with E-state index in [1.165, 1.54) is 6.33 Å². The van der Waals surface area contributed by atoms with E-state index in [9.17, 15) is 14.7 Å². The minimum absolute atomic E-state index is 0.0278. The molecule has 0 saturated heterocycles. The number of carboxylic acid groups (broad SMARTS) is 1. The molecule has 0 aliphatic rings. The lowest BCUT2D eigenvalue weighted by atomic mass is 9.96. The van der Waals surface area contributed by atoms with Gasteiger partial charge in [0, 0.05) is 0 Å². The molecule has 1 aromatic carbocycles. The number of aromatic carboxylic acids is 1. The Labute approximate surface area is 115 Å². The maximum atomic E-state index is 12.2. The normalized spacial score (nSPS) is 10.3. The number of aromatic amines is 1.